The Morgan fingerprint density at radius 1 is 0.400 bits per heavy atom. The smallest absolute Gasteiger partial charge is 0.175 e. The van der Waals surface area contributed by atoms with Gasteiger partial charge in [-0.1, -0.05) is 169 Å². The first kappa shape index (κ1) is 42.2. The average molecular weight is 767 g/mol. The predicted octanol–water partition coefficient (Wildman–Crippen LogP) is 15.5. The normalized spacial score (nSPS) is 20.1. The Hall–Kier alpha value is -2.41. The summed E-state index contributed by atoms with van der Waals surface area (Å²) in [6.45, 7) is 27.8. The van der Waals surface area contributed by atoms with E-state index in [1.807, 2.05) is 0 Å². The molecule has 2 fully saturated rings. The second-order valence-corrected chi connectivity index (χ2v) is 21.8. The molecule has 2 atom stereocenters. The van der Waals surface area contributed by atoms with Crippen LogP contribution in [0.3, 0.4) is 0 Å². The molecule has 2 unspecified atom stereocenters. The summed E-state index contributed by atoms with van der Waals surface area (Å²) in [6.07, 6.45) is 13.9. The van der Waals surface area contributed by atoms with E-state index in [4.69, 9.17) is 0 Å². The van der Waals surface area contributed by atoms with Gasteiger partial charge in [-0.15, -0.1) is 22.3 Å². The zero-order valence-electron chi connectivity index (χ0n) is 36.7. The van der Waals surface area contributed by atoms with Crippen molar-refractivity contribution in [1.82, 2.24) is 0 Å². The van der Waals surface area contributed by atoms with Crippen molar-refractivity contribution in [2.24, 2.45) is 11.8 Å². The van der Waals surface area contributed by atoms with Gasteiger partial charge in [0.25, 0.3) is 0 Å². The van der Waals surface area contributed by atoms with Gasteiger partial charge in [0.1, 0.15) is 0 Å². The van der Waals surface area contributed by atoms with Crippen molar-refractivity contribution in [3.63, 3.8) is 0 Å². The summed E-state index contributed by atoms with van der Waals surface area (Å²) in [5.74, 6) is 2.64. The van der Waals surface area contributed by atoms with Gasteiger partial charge in [0, 0.05) is 0 Å². The maximum Gasteiger partial charge on any atom is 2.00 e. The van der Waals surface area contributed by atoms with Gasteiger partial charge in [0.2, 0.25) is 0 Å². The third-order valence-electron chi connectivity index (χ3n) is 13.5. The molecule has 0 aliphatic heterocycles. The molecule has 0 heterocycles. The van der Waals surface area contributed by atoms with Crippen molar-refractivity contribution in [1.29, 1.82) is 0 Å². The number of hydrogen-bond donors (Lipinski definition) is 0. The minimum absolute atomic E-state index is 0. The number of fused-ring (bicyclic) bond motifs is 6. The van der Waals surface area contributed by atoms with Crippen LogP contribution >= 0.6 is 0 Å². The molecule has 0 N–H and O–H groups in total. The van der Waals surface area contributed by atoms with Crippen LogP contribution in [0.15, 0.2) is 60.7 Å². The minimum Gasteiger partial charge on any atom is -0.175 e. The minimum atomic E-state index is 0. The fourth-order valence-electron chi connectivity index (χ4n) is 10.1. The van der Waals surface area contributed by atoms with Crippen LogP contribution in [0.4, 0.5) is 0 Å². The fraction of sp³-hybridized carbons (Fsp3) is 0.556. The standard InChI is InChI=1S/2C27H35.Ti/c2*1-26(2,3)19-12-14-21-22-15-13-20(27(4,5)6)17-24(22)25(23(21)16-19)18-10-8-7-9-11-18;/h2*12-16,18,25H,7-11H2,1-6H3;/q2*-1;+2. The zero-order valence-corrected chi connectivity index (χ0v) is 38.2. The van der Waals surface area contributed by atoms with E-state index in [0.717, 1.165) is 11.8 Å². The first-order valence-electron chi connectivity index (χ1n) is 21.8. The molecule has 0 aromatic heterocycles. The third-order valence-corrected chi connectivity index (χ3v) is 13.5. The average Bonchev–Trinajstić information content (AvgIpc) is 3.62. The van der Waals surface area contributed by atoms with Gasteiger partial charge in [-0.3, -0.25) is 0 Å². The molecule has 4 aliphatic carbocycles. The molecule has 4 aromatic rings. The zero-order chi connectivity index (χ0) is 38.8. The summed E-state index contributed by atoms with van der Waals surface area (Å²) >= 11 is 0. The second kappa shape index (κ2) is 15.7. The van der Waals surface area contributed by atoms with Crippen LogP contribution in [-0.2, 0) is 43.4 Å². The molecule has 0 bridgehead atoms. The van der Waals surface area contributed by atoms with Crippen molar-refractivity contribution in [2.75, 3.05) is 0 Å². The van der Waals surface area contributed by atoms with Gasteiger partial charge in [-0.2, -0.15) is 47.5 Å². The van der Waals surface area contributed by atoms with Gasteiger partial charge in [-0.25, -0.2) is 0 Å². The van der Waals surface area contributed by atoms with E-state index in [1.165, 1.54) is 120 Å². The molecule has 4 aliphatic rings. The molecule has 55 heavy (non-hydrogen) atoms. The third kappa shape index (κ3) is 8.58. The van der Waals surface area contributed by atoms with Crippen LogP contribution in [0, 0.1) is 24.0 Å². The van der Waals surface area contributed by atoms with Crippen molar-refractivity contribution >= 4 is 0 Å². The Bertz CT molecular complexity index is 1700. The van der Waals surface area contributed by atoms with Crippen LogP contribution in [-0.4, -0.2) is 0 Å². The molecule has 0 radical (unpaired) electrons. The quantitative estimate of drug-likeness (QED) is 0.141. The Morgan fingerprint density at radius 2 is 0.727 bits per heavy atom. The Balaban J connectivity index is 0.000000184. The number of benzene rings is 4. The van der Waals surface area contributed by atoms with Crippen molar-refractivity contribution in [3.05, 3.63) is 117 Å². The molecule has 8 rings (SSSR count). The van der Waals surface area contributed by atoms with Crippen molar-refractivity contribution in [3.8, 4) is 22.3 Å². The monoisotopic (exact) mass is 766 g/mol. The van der Waals surface area contributed by atoms with Gasteiger partial charge >= 0.3 is 21.7 Å². The van der Waals surface area contributed by atoms with Gasteiger partial charge in [0.05, 0.1) is 0 Å². The van der Waals surface area contributed by atoms with Gasteiger partial charge in [-0.05, 0) is 93.3 Å². The van der Waals surface area contributed by atoms with E-state index < -0.39 is 0 Å². The maximum atomic E-state index is 3.92. The van der Waals surface area contributed by atoms with E-state index in [-0.39, 0.29) is 43.4 Å². The second-order valence-electron chi connectivity index (χ2n) is 21.8. The molecule has 0 amide bonds. The summed E-state index contributed by atoms with van der Waals surface area (Å²) in [4.78, 5) is 0. The summed E-state index contributed by atoms with van der Waals surface area (Å²) in [5, 5.41) is 0. The van der Waals surface area contributed by atoms with E-state index >= 15 is 0 Å². The van der Waals surface area contributed by atoms with Crippen LogP contribution in [0.5, 0.6) is 0 Å². The molecule has 1 heteroatoms. The van der Waals surface area contributed by atoms with Crippen LogP contribution in [0.2, 0.25) is 0 Å². The van der Waals surface area contributed by atoms with Crippen LogP contribution < -0.4 is 0 Å². The van der Waals surface area contributed by atoms with Gasteiger partial charge < -0.3 is 0 Å². The van der Waals surface area contributed by atoms with Gasteiger partial charge in [0.15, 0.2) is 0 Å². The van der Waals surface area contributed by atoms with Crippen molar-refractivity contribution in [2.45, 2.75) is 181 Å². The molecular weight excluding hydrogens is 696 g/mol. The van der Waals surface area contributed by atoms with Crippen LogP contribution in [0.1, 0.15) is 204 Å². The summed E-state index contributed by atoms with van der Waals surface area (Å²) in [5.41, 5.74) is 18.2. The largest absolute Gasteiger partial charge is 2.00 e. The first-order chi connectivity index (χ1) is 25.3. The topological polar surface area (TPSA) is 0 Å². The molecule has 0 spiro atoms. The van der Waals surface area contributed by atoms with E-state index in [2.05, 4.69) is 156 Å². The SMILES string of the molecule is CC(C)(C)c1[c-]c2c(cc1)-c1ccc(C(C)(C)C)cc1C2C1CCCCC1.CC(C)(C)c1[c-]c2c(cc1)-c1ccc(C(C)(C)C)cc1C2C1CCCCC1.[Ti+2]. The molecule has 2 saturated carbocycles. The Kier molecular flexibility index (Phi) is 12.1. The fourth-order valence-corrected chi connectivity index (χ4v) is 10.1. The maximum absolute atomic E-state index is 3.92. The number of rotatable bonds is 2. The van der Waals surface area contributed by atoms with E-state index in [1.54, 1.807) is 11.1 Å². The summed E-state index contributed by atoms with van der Waals surface area (Å²) in [6, 6.07) is 31.7. The Morgan fingerprint density at radius 3 is 1.04 bits per heavy atom. The Labute approximate surface area is 352 Å². The number of hydrogen-bond acceptors (Lipinski definition) is 0. The molecule has 290 valence electrons. The van der Waals surface area contributed by atoms with Crippen LogP contribution in [0.25, 0.3) is 22.3 Å². The first-order valence-corrected chi connectivity index (χ1v) is 21.8. The predicted molar refractivity (Wildman–Crippen MR) is 233 cm³/mol. The summed E-state index contributed by atoms with van der Waals surface area (Å²) in [7, 11) is 0. The summed E-state index contributed by atoms with van der Waals surface area (Å²) < 4.78 is 0. The molecule has 4 aromatic carbocycles. The molecular formula is C54H70Ti. The van der Waals surface area contributed by atoms with E-state index in [9.17, 15) is 0 Å². The molecule has 0 saturated heterocycles. The van der Waals surface area contributed by atoms with Crippen molar-refractivity contribution < 1.29 is 21.7 Å². The van der Waals surface area contributed by atoms with E-state index in [0.29, 0.717) is 11.8 Å². The molecule has 0 nitrogen and oxygen atoms in total.